The second-order valence-electron chi connectivity index (χ2n) is 1.96. The monoisotopic (exact) mass is 125 g/mol. The van der Waals surface area contributed by atoms with E-state index in [1.807, 2.05) is 0 Å². The third-order valence-electron chi connectivity index (χ3n) is 1.24. The van der Waals surface area contributed by atoms with E-state index in [4.69, 9.17) is 10.6 Å². The van der Waals surface area contributed by atoms with Crippen LogP contribution in [0.4, 0.5) is 0 Å². The SMILES string of the molecule is [N-]=[N+]=NC1C=CC(O)C1. The van der Waals surface area contributed by atoms with Crippen LogP contribution in [0.25, 0.3) is 10.4 Å². The molecule has 1 N–H and O–H groups in total. The molecule has 2 atom stereocenters. The van der Waals surface area contributed by atoms with Crippen LogP contribution in [0.2, 0.25) is 0 Å². The Kier molecular flexibility index (Phi) is 1.72. The molecule has 0 aromatic carbocycles. The number of nitrogens with zero attached hydrogens (tertiary/aromatic N) is 3. The van der Waals surface area contributed by atoms with Crippen LogP contribution in [0.5, 0.6) is 0 Å². The average molecular weight is 125 g/mol. The van der Waals surface area contributed by atoms with Crippen LogP contribution in [0.3, 0.4) is 0 Å². The fourth-order valence-electron chi connectivity index (χ4n) is 0.813. The van der Waals surface area contributed by atoms with Gasteiger partial charge in [-0.25, -0.2) is 0 Å². The Hall–Kier alpha value is -0.990. The molecule has 0 radical (unpaired) electrons. The summed E-state index contributed by atoms with van der Waals surface area (Å²) >= 11 is 0. The summed E-state index contributed by atoms with van der Waals surface area (Å²) in [7, 11) is 0. The fourth-order valence-corrected chi connectivity index (χ4v) is 0.813. The summed E-state index contributed by atoms with van der Waals surface area (Å²) in [5.74, 6) is 0. The molecule has 0 spiro atoms. The Labute approximate surface area is 52.4 Å². The highest BCUT2D eigenvalue weighted by atomic mass is 16.3. The zero-order valence-electron chi connectivity index (χ0n) is 4.81. The van der Waals surface area contributed by atoms with Crippen LogP contribution >= 0.6 is 0 Å². The first-order chi connectivity index (χ1) is 4.33. The van der Waals surface area contributed by atoms with Gasteiger partial charge in [-0.05, 0) is 12.0 Å². The summed E-state index contributed by atoms with van der Waals surface area (Å²) in [4.78, 5) is 2.61. The molecule has 0 heterocycles. The summed E-state index contributed by atoms with van der Waals surface area (Å²) in [6.45, 7) is 0. The molecule has 4 heteroatoms. The Morgan fingerprint density at radius 1 is 1.67 bits per heavy atom. The molecule has 1 aliphatic carbocycles. The van der Waals surface area contributed by atoms with E-state index >= 15 is 0 Å². The molecule has 0 aromatic heterocycles. The van der Waals surface area contributed by atoms with Gasteiger partial charge in [0.05, 0.1) is 12.1 Å². The van der Waals surface area contributed by atoms with Crippen molar-refractivity contribution in [3.8, 4) is 0 Å². The van der Waals surface area contributed by atoms with E-state index in [9.17, 15) is 0 Å². The van der Waals surface area contributed by atoms with Gasteiger partial charge in [-0.3, -0.25) is 0 Å². The van der Waals surface area contributed by atoms with Gasteiger partial charge < -0.3 is 5.11 Å². The smallest absolute Gasteiger partial charge is 0.0727 e. The highest BCUT2D eigenvalue weighted by Crippen LogP contribution is 2.13. The molecule has 0 saturated carbocycles. The van der Waals surface area contributed by atoms with E-state index in [0.29, 0.717) is 6.42 Å². The lowest BCUT2D eigenvalue weighted by atomic mass is 10.2. The normalized spacial score (nSPS) is 32.1. The molecule has 4 nitrogen and oxygen atoms in total. The zero-order valence-corrected chi connectivity index (χ0v) is 4.81. The highest BCUT2D eigenvalue weighted by molar-refractivity contribution is 5.06. The van der Waals surface area contributed by atoms with Crippen LogP contribution in [0, 0.1) is 0 Å². The first kappa shape index (κ1) is 6.13. The van der Waals surface area contributed by atoms with Crippen LogP contribution in [0.1, 0.15) is 6.42 Å². The Bertz CT molecular complexity index is 171. The van der Waals surface area contributed by atoms with Crippen molar-refractivity contribution in [1.29, 1.82) is 0 Å². The predicted octanol–water partition coefficient (Wildman–Crippen LogP) is 0.986. The van der Waals surface area contributed by atoms with E-state index in [1.165, 1.54) is 0 Å². The first-order valence-corrected chi connectivity index (χ1v) is 2.73. The van der Waals surface area contributed by atoms with Crippen LogP contribution in [-0.4, -0.2) is 17.3 Å². The van der Waals surface area contributed by atoms with Crippen molar-refractivity contribution in [3.63, 3.8) is 0 Å². The van der Waals surface area contributed by atoms with Crippen LogP contribution in [-0.2, 0) is 0 Å². The maximum atomic E-state index is 8.86. The van der Waals surface area contributed by atoms with E-state index in [1.54, 1.807) is 12.2 Å². The molecule has 0 saturated heterocycles. The number of azide groups is 1. The zero-order chi connectivity index (χ0) is 6.69. The van der Waals surface area contributed by atoms with Crippen LogP contribution < -0.4 is 0 Å². The summed E-state index contributed by atoms with van der Waals surface area (Å²) < 4.78 is 0. The number of rotatable bonds is 1. The Morgan fingerprint density at radius 2 is 2.44 bits per heavy atom. The van der Waals surface area contributed by atoms with E-state index < -0.39 is 6.10 Å². The molecule has 0 fully saturated rings. The van der Waals surface area contributed by atoms with E-state index in [0.717, 1.165) is 0 Å². The van der Waals surface area contributed by atoms with Crippen molar-refractivity contribution in [2.75, 3.05) is 0 Å². The van der Waals surface area contributed by atoms with Crippen molar-refractivity contribution in [1.82, 2.24) is 0 Å². The van der Waals surface area contributed by atoms with Crippen molar-refractivity contribution in [3.05, 3.63) is 22.6 Å². The molecular weight excluding hydrogens is 118 g/mol. The van der Waals surface area contributed by atoms with Crippen LogP contribution in [0.15, 0.2) is 17.3 Å². The molecule has 1 aliphatic rings. The van der Waals surface area contributed by atoms with Gasteiger partial charge >= 0.3 is 0 Å². The molecule has 0 aliphatic heterocycles. The van der Waals surface area contributed by atoms with E-state index in [2.05, 4.69) is 10.0 Å². The molecule has 2 unspecified atom stereocenters. The molecule has 1 rings (SSSR count). The lowest BCUT2D eigenvalue weighted by Gasteiger charge is -1.97. The van der Waals surface area contributed by atoms with E-state index in [-0.39, 0.29) is 6.04 Å². The van der Waals surface area contributed by atoms with Gasteiger partial charge in [-0.15, -0.1) is 0 Å². The van der Waals surface area contributed by atoms with Crippen molar-refractivity contribution in [2.24, 2.45) is 5.11 Å². The van der Waals surface area contributed by atoms with Crippen molar-refractivity contribution < 1.29 is 5.11 Å². The lowest BCUT2D eigenvalue weighted by Crippen LogP contribution is -2.02. The van der Waals surface area contributed by atoms with Gasteiger partial charge in [0.1, 0.15) is 0 Å². The summed E-state index contributed by atoms with van der Waals surface area (Å²) in [6, 6.07) is -0.134. The van der Waals surface area contributed by atoms with Gasteiger partial charge in [0.2, 0.25) is 0 Å². The van der Waals surface area contributed by atoms with Gasteiger partial charge in [0, 0.05) is 4.91 Å². The second-order valence-corrected chi connectivity index (χ2v) is 1.96. The standard InChI is InChI=1S/C5H7N3O/c6-8-7-4-1-2-5(9)3-4/h1-2,4-5,9H,3H2. The van der Waals surface area contributed by atoms with Gasteiger partial charge in [0.15, 0.2) is 0 Å². The highest BCUT2D eigenvalue weighted by Gasteiger charge is 2.13. The third-order valence-corrected chi connectivity index (χ3v) is 1.24. The topological polar surface area (TPSA) is 69.0 Å². The number of aliphatic hydroxyl groups is 1. The molecule has 0 aromatic rings. The largest absolute Gasteiger partial charge is 0.389 e. The second kappa shape index (κ2) is 2.53. The fraction of sp³-hybridized carbons (Fsp3) is 0.600. The number of hydrogen-bond acceptors (Lipinski definition) is 2. The molecule has 0 bridgehead atoms. The summed E-state index contributed by atoms with van der Waals surface area (Å²) in [6.07, 6.45) is 3.47. The molecular formula is C5H7N3O. The molecule has 48 valence electrons. The maximum Gasteiger partial charge on any atom is 0.0727 e. The minimum Gasteiger partial charge on any atom is -0.389 e. The summed E-state index contributed by atoms with van der Waals surface area (Å²) in [5, 5.41) is 12.3. The third kappa shape index (κ3) is 1.45. The lowest BCUT2D eigenvalue weighted by molar-refractivity contribution is 0.218. The van der Waals surface area contributed by atoms with Gasteiger partial charge in [0.25, 0.3) is 0 Å². The van der Waals surface area contributed by atoms with Gasteiger partial charge in [-0.2, -0.15) is 0 Å². The minimum atomic E-state index is -0.416. The quantitative estimate of drug-likeness (QED) is 0.241. The molecule has 0 amide bonds. The number of aliphatic hydroxyl groups excluding tert-OH is 1. The Morgan fingerprint density at radius 3 is 2.89 bits per heavy atom. The predicted molar refractivity (Wildman–Crippen MR) is 32.7 cm³/mol. The minimum absolute atomic E-state index is 0.134. The molecule has 9 heavy (non-hydrogen) atoms. The summed E-state index contributed by atoms with van der Waals surface area (Å²) in [5.41, 5.74) is 7.96. The average Bonchev–Trinajstić information content (AvgIpc) is 2.17. The van der Waals surface area contributed by atoms with Crippen molar-refractivity contribution >= 4 is 0 Å². The first-order valence-electron chi connectivity index (χ1n) is 2.73. The van der Waals surface area contributed by atoms with Crippen molar-refractivity contribution in [2.45, 2.75) is 18.6 Å². The van der Waals surface area contributed by atoms with Gasteiger partial charge in [-0.1, -0.05) is 17.3 Å². The maximum absolute atomic E-state index is 8.86. The Balaban J connectivity index is 2.50. The number of hydrogen-bond donors (Lipinski definition) is 1.